The van der Waals surface area contributed by atoms with Crippen LogP contribution in [-0.4, -0.2) is 33.8 Å². The highest BCUT2D eigenvalue weighted by molar-refractivity contribution is 5.89. The lowest BCUT2D eigenvalue weighted by atomic mass is 9.54. The van der Waals surface area contributed by atoms with Gasteiger partial charge in [-0.2, -0.15) is 0 Å². The summed E-state index contributed by atoms with van der Waals surface area (Å²) < 4.78 is 2.12. The average Bonchev–Trinajstić information content (AvgIpc) is 2.85. The fraction of sp³-hybridized carbons (Fsp3) is 0.526. The molecule has 1 aromatic heterocycles. The molecule has 5 heteroatoms. The average molecular weight is 329 g/mol. The van der Waals surface area contributed by atoms with Crippen LogP contribution in [-0.2, 0) is 18.3 Å². The summed E-state index contributed by atoms with van der Waals surface area (Å²) in [5.41, 5.74) is 8.34. The second-order valence-electron chi connectivity index (χ2n) is 7.65. The topological polar surface area (TPSA) is 80.3 Å². The molecule has 1 aliphatic rings. The summed E-state index contributed by atoms with van der Waals surface area (Å²) >= 11 is 0. The summed E-state index contributed by atoms with van der Waals surface area (Å²) in [4.78, 5) is 12.5. The lowest BCUT2D eigenvalue weighted by Crippen LogP contribution is -2.75. The molecule has 1 saturated carbocycles. The highest BCUT2D eigenvalue weighted by Crippen LogP contribution is 2.47. The summed E-state index contributed by atoms with van der Waals surface area (Å²) in [7, 11) is 2.04. The molecule has 0 saturated heterocycles. The van der Waals surface area contributed by atoms with Crippen LogP contribution in [0.5, 0.6) is 0 Å². The van der Waals surface area contributed by atoms with Gasteiger partial charge in [-0.15, -0.1) is 0 Å². The summed E-state index contributed by atoms with van der Waals surface area (Å²) in [5.74, 6) is -0.172. The lowest BCUT2D eigenvalue weighted by molar-refractivity contribution is -0.158. The van der Waals surface area contributed by atoms with Gasteiger partial charge in [-0.25, -0.2) is 0 Å². The van der Waals surface area contributed by atoms with Crippen molar-refractivity contribution in [2.75, 3.05) is 6.54 Å². The molecule has 1 amide bonds. The SMILES string of the molecule is Cc1cccc2c1c(CCNC(=O)[C@@]1(N)C[C@H](O)C1(C)C)cn2C. The number of carbonyl (C=O) groups excluding carboxylic acids is 1. The molecule has 1 heterocycles. The Morgan fingerprint density at radius 2 is 2.17 bits per heavy atom. The van der Waals surface area contributed by atoms with E-state index in [0.29, 0.717) is 13.0 Å². The van der Waals surface area contributed by atoms with Crippen LogP contribution in [0, 0.1) is 12.3 Å². The van der Waals surface area contributed by atoms with Gasteiger partial charge in [0.25, 0.3) is 0 Å². The summed E-state index contributed by atoms with van der Waals surface area (Å²) in [6, 6.07) is 6.28. The van der Waals surface area contributed by atoms with Gasteiger partial charge < -0.3 is 20.7 Å². The van der Waals surface area contributed by atoms with Crippen molar-refractivity contribution in [1.29, 1.82) is 0 Å². The van der Waals surface area contributed by atoms with E-state index in [1.807, 2.05) is 20.9 Å². The maximum Gasteiger partial charge on any atom is 0.240 e. The molecule has 0 spiro atoms. The van der Waals surface area contributed by atoms with Crippen LogP contribution < -0.4 is 11.1 Å². The smallest absolute Gasteiger partial charge is 0.240 e. The first kappa shape index (κ1) is 17.0. The van der Waals surface area contributed by atoms with Crippen LogP contribution in [0.1, 0.15) is 31.4 Å². The normalized spacial score (nSPS) is 25.5. The molecule has 2 atom stereocenters. The zero-order valence-electron chi connectivity index (χ0n) is 14.9. The number of carbonyl (C=O) groups is 1. The number of hydrogen-bond donors (Lipinski definition) is 3. The number of amides is 1. The molecule has 4 N–H and O–H groups in total. The number of fused-ring (bicyclic) bond motifs is 1. The number of aliphatic hydroxyl groups excluding tert-OH is 1. The van der Waals surface area contributed by atoms with Gasteiger partial charge in [0.05, 0.1) is 6.10 Å². The van der Waals surface area contributed by atoms with Crippen molar-refractivity contribution in [3.8, 4) is 0 Å². The molecule has 1 fully saturated rings. The standard InChI is InChI=1S/C19H27N3O2/c1-12-6-5-7-14-16(12)13(11-22(14)4)8-9-21-17(24)19(20)10-15(23)18(19,2)3/h5-7,11,15,23H,8-10,20H2,1-4H3,(H,21,24)/t15-,19-/m0/s1. The minimum Gasteiger partial charge on any atom is -0.392 e. The van der Waals surface area contributed by atoms with Crippen LogP contribution in [0.3, 0.4) is 0 Å². The third kappa shape index (κ3) is 2.34. The van der Waals surface area contributed by atoms with Gasteiger partial charge in [-0.1, -0.05) is 26.0 Å². The zero-order chi connectivity index (χ0) is 17.7. The number of benzene rings is 1. The summed E-state index contributed by atoms with van der Waals surface area (Å²) in [6.45, 7) is 6.33. The number of hydrogen-bond acceptors (Lipinski definition) is 3. The molecule has 1 aliphatic carbocycles. The predicted octanol–water partition coefficient (Wildman–Crippen LogP) is 1.63. The highest BCUT2D eigenvalue weighted by atomic mass is 16.3. The lowest BCUT2D eigenvalue weighted by Gasteiger charge is -2.55. The van der Waals surface area contributed by atoms with Gasteiger partial charge >= 0.3 is 0 Å². The minimum atomic E-state index is -0.985. The predicted molar refractivity (Wildman–Crippen MR) is 95.7 cm³/mol. The van der Waals surface area contributed by atoms with E-state index in [1.165, 1.54) is 22.0 Å². The highest BCUT2D eigenvalue weighted by Gasteiger charge is 2.61. The number of nitrogens with two attached hydrogens (primary N) is 1. The Hall–Kier alpha value is -1.85. The van der Waals surface area contributed by atoms with Gasteiger partial charge in [0.1, 0.15) is 5.54 Å². The Morgan fingerprint density at radius 3 is 2.79 bits per heavy atom. The molecular weight excluding hydrogens is 302 g/mol. The van der Waals surface area contributed by atoms with Gasteiger partial charge in [0.15, 0.2) is 0 Å². The molecule has 0 unspecified atom stereocenters. The molecule has 2 aromatic rings. The number of aryl methyl sites for hydroxylation is 2. The maximum absolute atomic E-state index is 12.5. The second kappa shape index (κ2) is 5.60. The van der Waals surface area contributed by atoms with Crippen molar-refractivity contribution in [1.82, 2.24) is 9.88 Å². The Morgan fingerprint density at radius 1 is 1.46 bits per heavy atom. The van der Waals surface area contributed by atoms with E-state index in [9.17, 15) is 9.90 Å². The molecule has 130 valence electrons. The van der Waals surface area contributed by atoms with E-state index < -0.39 is 17.1 Å². The molecule has 3 rings (SSSR count). The van der Waals surface area contributed by atoms with E-state index in [2.05, 4.69) is 41.2 Å². The van der Waals surface area contributed by atoms with Crippen molar-refractivity contribution < 1.29 is 9.90 Å². The van der Waals surface area contributed by atoms with Crippen LogP contribution in [0.4, 0.5) is 0 Å². The zero-order valence-corrected chi connectivity index (χ0v) is 14.9. The molecule has 0 aliphatic heterocycles. The Bertz CT molecular complexity index is 793. The van der Waals surface area contributed by atoms with E-state index in [4.69, 9.17) is 5.73 Å². The maximum atomic E-state index is 12.5. The molecular formula is C19H27N3O2. The molecule has 1 aromatic carbocycles. The van der Waals surface area contributed by atoms with Gasteiger partial charge in [0, 0.05) is 42.5 Å². The molecule has 0 bridgehead atoms. The molecule has 0 radical (unpaired) electrons. The number of rotatable bonds is 4. The van der Waals surface area contributed by atoms with E-state index >= 15 is 0 Å². The largest absolute Gasteiger partial charge is 0.392 e. The van der Waals surface area contributed by atoms with Gasteiger partial charge in [0.2, 0.25) is 5.91 Å². The third-order valence-electron chi connectivity index (χ3n) is 5.88. The van der Waals surface area contributed by atoms with Crippen molar-refractivity contribution in [3.05, 3.63) is 35.5 Å². The fourth-order valence-corrected chi connectivity index (χ4v) is 3.76. The number of nitrogens with one attached hydrogen (secondary N) is 1. The van der Waals surface area contributed by atoms with E-state index in [1.54, 1.807) is 0 Å². The van der Waals surface area contributed by atoms with Crippen molar-refractivity contribution in [3.63, 3.8) is 0 Å². The van der Waals surface area contributed by atoms with E-state index in [-0.39, 0.29) is 5.91 Å². The third-order valence-corrected chi connectivity index (χ3v) is 5.88. The molecule has 24 heavy (non-hydrogen) atoms. The number of nitrogens with zero attached hydrogens (tertiary/aromatic N) is 1. The fourth-order valence-electron chi connectivity index (χ4n) is 3.76. The quantitative estimate of drug-likeness (QED) is 0.797. The first-order valence-corrected chi connectivity index (χ1v) is 8.47. The van der Waals surface area contributed by atoms with Crippen LogP contribution in [0.25, 0.3) is 10.9 Å². The monoisotopic (exact) mass is 329 g/mol. The van der Waals surface area contributed by atoms with Gasteiger partial charge in [-0.3, -0.25) is 4.79 Å². The van der Waals surface area contributed by atoms with Crippen LogP contribution in [0.15, 0.2) is 24.4 Å². The van der Waals surface area contributed by atoms with Gasteiger partial charge in [-0.05, 0) is 30.5 Å². The second-order valence-corrected chi connectivity index (χ2v) is 7.65. The Labute approximate surface area is 142 Å². The van der Waals surface area contributed by atoms with Crippen molar-refractivity contribution in [2.45, 2.75) is 45.3 Å². The van der Waals surface area contributed by atoms with Crippen molar-refractivity contribution >= 4 is 16.8 Å². The van der Waals surface area contributed by atoms with E-state index in [0.717, 1.165) is 6.42 Å². The Balaban J connectivity index is 1.69. The first-order valence-electron chi connectivity index (χ1n) is 8.47. The van der Waals surface area contributed by atoms with Crippen LogP contribution in [0.2, 0.25) is 0 Å². The minimum absolute atomic E-state index is 0.172. The Kier molecular flexibility index (Phi) is 3.97. The number of aromatic nitrogens is 1. The summed E-state index contributed by atoms with van der Waals surface area (Å²) in [6.07, 6.45) is 2.68. The first-order chi connectivity index (χ1) is 11.2. The molecule has 5 nitrogen and oxygen atoms in total. The number of aliphatic hydroxyl groups is 1. The summed E-state index contributed by atoms with van der Waals surface area (Å²) in [5, 5.41) is 14.1. The van der Waals surface area contributed by atoms with Crippen LogP contribution >= 0.6 is 0 Å². The van der Waals surface area contributed by atoms with Crippen molar-refractivity contribution in [2.24, 2.45) is 18.2 Å².